The summed E-state index contributed by atoms with van der Waals surface area (Å²) >= 11 is 6.07. The number of nitrogens with zero attached hydrogens (tertiary/aromatic N) is 4. The third-order valence-electron chi connectivity index (χ3n) is 4.63. The Bertz CT molecular complexity index is 1160. The summed E-state index contributed by atoms with van der Waals surface area (Å²) in [6, 6.07) is 12.9. The molecule has 3 heterocycles. The zero-order chi connectivity index (χ0) is 19.8. The molecule has 0 spiro atoms. The number of amides is 1. The van der Waals surface area contributed by atoms with Gasteiger partial charge in [0.1, 0.15) is 5.69 Å². The normalized spacial score (nSPS) is 11.1. The maximum Gasteiger partial charge on any atom is 0.254 e. The first-order valence-corrected chi connectivity index (χ1v) is 9.20. The van der Waals surface area contributed by atoms with Gasteiger partial charge in [-0.25, -0.2) is 4.98 Å². The Hall–Kier alpha value is -3.12. The van der Waals surface area contributed by atoms with Gasteiger partial charge in [0, 0.05) is 25.7 Å². The fourth-order valence-corrected chi connectivity index (χ4v) is 3.56. The number of carbonyl (C=O) groups is 1. The number of hydrogen-bond donors (Lipinski definition) is 0. The Morgan fingerprint density at radius 2 is 2.07 bits per heavy atom. The van der Waals surface area contributed by atoms with Crippen LogP contribution < -0.4 is 0 Å². The minimum atomic E-state index is -0.115. The molecule has 0 fully saturated rings. The largest absolute Gasteiger partial charge is 0.463 e. The number of furan rings is 1. The molecule has 142 valence electrons. The molecule has 0 unspecified atom stereocenters. The number of rotatable bonds is 4. The molecule has 7 heteroatoms. The Kier molecular flexibility index (Phi) is 4.65. The number of aromatic nitrogens is 3. The van der Waals surface area contributed by atoms with Gasteiger partial charge in [0.05, 0.1) is 22.9 Å². The molecular formula is C21H19ClN4O2. The van der Waals surface area contributed by atoms with Gasteiger partial charge in [-0.1, -0.05) is 23.7 Å². The third kappa shape index (κ3) is 3.27. The summed E-state index contributed by atoms with van der Waals surface area (Å²) in [6.07, 6.45) is 1.59. The topological polar surface area (TPSA) is 64.2 Å². The molecule has 0 atom stereocenters. The van der Waals surface area contributed by atoms with Crippen molar-refractivity contribution in [3.8, 4) is 11.5 Å². The molecule has 0 saturated heterocycles. The van der Waals surface area contributed by atoms with Crippen molar-refractivity contribution in [2.45, 2.75) is 13.5 Å². The third-order valence-corrected chi connectivity index (χ3v) is 4.86. The van der Waals surface area contributed by atoms with Crippen LogP contribution in [0.3, 0.4) is 0 Å². The predicted octanol–water partition coefficient (Wildman–Crippen LogP) is 4.46. The van der Waals surface area contributed by atoms with Crippen molar-refractivity contribution in [1.29, 1.82) is 0 Å². The highest BCUT2D eigenvalue weighted by atomic mass is 35.5. The Labute approximate surface area is 167 Å². The first kappa shape index (κ1) is 18.3. The molecule has 1 amide bonds. The molecule has 0 bridgehead atoms. The molecule has 0 aliphatic carbocycles. The van der Waals surface area contributed by atoms with Crippen molar-refractivity contribution in [3.63, 3.8) is 0 Å². The van der Waals surface area contributed by atoms with E-state index < -0.39 is 0 Å². The van der Waals surface area contributed by atoms with E-state index in [0.29, 0.717) is 34.2 Å². The Morgan fingerprint density at radius 1 is 1.25 bits per heavy atom. The fraction of sp³-hybridized carbons (Fsp3) is 0.190. The molecule has 1 aromatic carbocycles. The van der Waals surface area contributed by atoms with Crippen molar-refractivity contribution in [3.05, 3.63) is 70.6 Å². The quantitative estimate of drug-likeness (QED) is 0.512. The van der Waals surface area contributed by atoms with Gasteiger partial charge in [-0.05, 0) is 42.8 Å². The lowest BCUT2D eigenvalue weighted by Gasteiger charge is -2.18. The van der Waals surface area contributed by atoms with E-state index >= 15 is 0 Å². The SMILES string of the molecule is Cc1nn(C)c2nc(-c3ccco3)cc(C(=O)N(C)Cc3cccc(Cl)c3)c12. The molecule has 28 heavy (non-hydrogen) atoms. The summed E-state index contributed by atoms with van der Waals surface area (Å²) in [6.45, 7) is 2.32. The number of fused-ring (bicyclic) bond motifs is 1. The van der Waals surface area contributed by atoms with E-state index in [1.54, 1.807) is 35.0 Å². The van der Waals surface area contributed by atoms with Crippen molar-refractivity contribution >= 4 is 28.5 Å². The Morgan fingerprint density at radius 3 is 2.79 bits per heavy atom. The maximum absolute atomic E-state index is 13.3. The molecule has 0 saturated carbocycles. The van der Waals surface area contributed by atoms with Crippen molar-refractivity contribution in [2.75, 3.05) is 7.05 Å². The summed E-state index contributed by atoms with van der Waals surface area (Å²) < 4.78 is 7.17. The van der Waals surface area contributed by atoms with Gasteiger partial charge in [0.25, 0.3) is 5.91 Å². The van der Waals surface area contributed by atoms with Gasteiger partial charge in [-0.15, -0.1) is 0 Å². The molecule has 4 aromatic rings. The van der Waals surface area contributed by atoms with E-state index in [4.69, 9.17) is 16.0 Å². The van der Waals surface area contributed by atoms with Crippen LogP contribution >= 0.6 is 11.6 Å². The number of carbonyl (C=O) groups excluding carboxylic acids is 1. The average molecular weight is 395 g/mol. The molecule has 0 aliphatic rings. The molecule has 0 radical (unpaired) electrons. The highest BCUT2D eigenvalue weighted by Gasteiger charge is 2.22. The number of benzene rings is 1. The second-order valence-electron chi connectivity index (χ2n) is 6.73. The number of halogens is 1. The number of pyridine rings is 1. The number of aryl methyl sites for hydroxylation is 2. The van der Waals surface area contributed by atoms with E-state index in [1.165, 1.54) is 0 Å². The van der Waals surface area contributed by atoms with E-state index in [2.05, 4.69) is 10.1 Å². The van der Waals surface area contributed by atoms with E-state index in [0.717, 1.165) is 16.6 Å². The molecule has 6 nitrogen and oxygen atoms in total. The van der Waals surface area contributed by atoms with Crippen LogP contribution in [0, 0.1) is 6.92 Å². The summed E-state index contributed by atoms with van der Waals surface area (Å²) in [4.78, 5) is 19.6. The average Bonchev–Trinajstić information content (AvgIpc) is 3.29. The summed E-state index contributed by atoms with van der Waals surface area (Å²) in [5.41, 5.74) is 3.51. The van der Waals surface area contributed by atoms with E-state index in [1.807, 2.05) is 44.3 Å². The van der Waals surface area contributed by atoms with Crippen LogP contribution in [-0.2, 0) is 13.6 Å². The molecule has 3 aromatic heterocycles. The lowest BCUT2D eigenvalue weighted by Crippen LogP contribution is -2.26. The van der Waals surface area contributed by atoms with Gasteiger partial charge in [0.2, 0.25) is 0 Å². The minimum Gasteiger partial charge on any atom is -0.463 e. The summed E-state index contributed by atoms with van der Waals surface area (Å²) in [7, 11) is 3.59. The number of hydrogen-bond acceptors (Lipinski definition) is 4. The van der Waals surface area contributed by atoms with Crippen LogP contribution in [0.5, 0.6) is 0 Å². The minimum absolute atomic E-state index is 0.115. The second kappa shape index (κ2) is 7.13. The lowest BCUT2D eigenvalue weighted by atomic mass is 10.1. The first-order valence-electron chi connectivity index (χ1n) is 8.82. The molecule has 0 aliphatic heterocycles. The van der Waals surface area contributed by atoms with Gasteiger partial charge in [-0.2, -0.15) is 5.10 Å². The highest BCUT2D eigenvalue weighted by molar-refractivity contribution is 6.30. The highest BCUT2D eigenvalue weighted by Crippen LogP contribution is 2.28. The van der Waals surface area contributed by atoms with Gasteiger partial charge < -0.3 is 9.32 Å². The van der Waals surface area contributed by atoms with Crippen LogP contribution in [0.25, 0.3) is 22.5 Å². The smallest absolute Gasteiger partial charge is 0.254 e. The first-order chi connectivity index (χ1) is 13.4. The predicted molar refractivity (Wildman–Crippen MR) is 108 cm³/mol. The lowest BCUT2D eigenvalue weighted by molar-refractivity contribution is 0.0787. The van der Waals surface area contributed by atoms with Crippen molar-refractivity contribution in [2.24, 2.45) is 7.05 Å². The molecular weight excluding hydrogens is 376 g/mol. The van der Waals surface area contributed by atoms with Crippen LogP contribution in [0.1, 0.15) is 21.6 Å². The summed E-state index contributed by atoms with van der Waals surface area (Å²) in [5.74, 6) is 0.489. The zero-order valence-corrected chi connectivity index (χ0v) is 16.6. The van der Waals surface area contributed by atoms with Crippen LogP contribution in [-0.4, -0.2) is 32.6 Å². The monoisotopic (exact) mass is 394 g/mol. The van der Waals surface area contributed by atoms with Gasteiger partial charge in [0.15, 0.2) is 11.4 Å². The Balaban J connectivity index is 1.79. The van der Waals surface area contributed by atoms with Gasteiger partial charge in [-0.3, -0.25) is 9.48 Å². The van der Waals surface area contributed by atoms with Crippen LogP contribution in [0.2, 0.25) is 5.02 Å². The van der Waals surface area contributed by atoms with Gasteiger partial charge >= 0.3 is 0 Å². The van der Waals surface area contributed by atoms with Crippen LogP contribution in [0.4, 0.5) is 0 Å². The van der Waals surface area contributed by atoms with Crippen LogP contribution in [0.15, 0.2) is 53.1 Å². The zero-order valence-electron chi connectivity index (χ0n) is 15.8. The van der Waals surface area contributed by atoms with E-state index in [9.17, 15) is 4.79 Å². The standard InChI is InChI=1S/C21H19ClN4O2/c1-13-19-16(21(27)25(2)12-14-6-4-7-15(22)10-14)11-17(18-8-5-9-28-18)23-20(19)26(3)24-13/h4-11H,12H2,1-3H3. The fourth-order valence-electron chi connectivity index (χ4n) is 3.35. The van der Waals surface area contributed by atoms with E-state index in [-0.39, 0.29) is 5.91 Å². The second-order valence-corrected chi connectivity index (χ2v) is 7.17. The van der Waals surface area contributed by atoms with Crippen molar-refractivity contribution in [1.82, 2.24) is 19.7 Å². The summed E-state index contributed by atoms with van der Waals surface area (Å²) in [5, 5.41) is 5.84. The molecule has 0 N–H and O–H groups in total. The maximum atomic E-state index is 13.3. The molecule has 4 rings (SSSR count). The van der Waals surface area contributed by atoms with Crippen molar-refractivity contribution < 1.29 is 9.21 Å².